The van der Waals surface area contributed by atoms with Crippen LogP contribution < -0.4 is 5.32 Å². The van der Waals surface area contributed by atoms with Gasteiger partial charge in [0.15, 0.2) is 5.96 Å². The Bertz CT molecular complexity index is 914. The summed E-state index contributed by atoms with van der Waals surface area (Å²) >= 11 is 0. The third kappa shape index (κ3) is 5.51. The SMILES string of the molecule is CN(Cc1cnn(-c2ccccc2)c1)C(=NCC1CCOC1)NCCc1ccco1. The van der Waals surface area contributed by atoms with Crippen LogP contribution in [0.25, 0.3) is 5.69 Å². The van der Waals surface area contributed by atoms with E-state index in [1.807, 2.05) is 53.3 Å². The summed E-state index contributed by atoms with van der Waals surface area (Å²) in [5.41, 5.74) is 2.18. The van der Waals surface area contributed by atoms with Gasteiger partial charge in [0.1, 0.15) is 5.76 Å². The molecule has 1 N–H and O–H groups in total. The molecule has 1 fully saturated rings. The molecule has 1 aliphatic rings. The molecule has 7 heteroatoms. The number of rotatable bonds is 8. The predicted octanol–water partition coefficient (Wildman–Crippen LogP) is 3.12. The first-order valence-corrected chi connectivity index (χ1v) is 10.5. The van der Waals surface area contributed by atoms with Gasteiger partial charge in [0.25, 0.3) is 0 Å². The smallest absolute Gasteiger partial charge is 0.193 e. The van der Waals surface area contributed by atoms with Gasteiger partial charge < -0.3 is 19.4 Å². The van der Waals surface area contributed by atoms with Crippen LogP contribution in [-0.4, -0.2) is 54.0 Å². The van der Waals surface area contributed by atoms with Crippen LogP contribution in [0.4, 0.5) is 0 Å². The summed E-state index contributed by atoms with van der Waals surface area (Å²) in [7, 11) is 2.06. The van der Waals surface area contributed by atoms with E-state index >= 15 is 0 Å². The Balaban J connectivity index is 1.39. The second-order valence-electron chi connectivity index (χ2n) is 7.63. The molecule has 7 nitrogen and oxygen atoms in total. The minimum absolute atomic E-state index is 0.501. The number of nitrogens with one attached hydrogen (secondary N) is 1. The lowest BCUT2D eigenvalue weighted by atomic mass is 10.1. The fourth-order valence-corrected chi connectivity index (χ4v) is 3.52. The average molecular weight is 408 g/mol. The molecule has 0 bridgehead atoms. The lowest BCUT2D eigenvalue weighted by Gasteiger charge is -2.22. The van der Waals surface area contributed by atoms with E-state index in [-0.39, 0.29) is 0 Å². The molecule has 158 valence electrons. The van der Waals surface area contributed by atoms with E-state index in [2.05, 4.69) is 28.6 Å². The highest BCUT2D eigenvalue weighted by Crippen LogP contribution is 2.13. The monoisotopic (exact) mass is 407 g/mol. The molecule has 4 rings (SSSR count). The van der Waals surface area contributed by atoms with Crippen molar-refractivity contribution < 1.29 is 9.15 Å². The van der Waals surface area contributed by atoms with E-state index < -0.39 is 0 Å². The van der Waals surface area contributed by atoms with E-state index in [0.717, 1.165) is 68.7 Å². The second-order valence-corrected chi connectivity index (χ2v) is 7.63. The first-order chi connectivity index (χ1) is 14.8. The molecule has 1 saturated heterocycles. The van der Waals surface area contributed by atoms with Crippen LogP contribution in [0.1, 0.15) is 17.7 Å². The van der Waals surface area contributed by atoms with Gasteiger partial charge in [0, 0.05) is 57.4 Å². The zero-order valence-corrected chi connectivity index (χ0v) is 17.4. The van der Waals surface area contributed by atoms with Crippen LogP contribution >= 0.6 is 0 Å². The Hall–Kier alpha value is -3.06. The van der Waals surface area contributed by atoms with Crippen LogP contribution in [0.15, 0.2) is 70.5 Å². The molecule has 30 heavy (non-hydrogen) atoms. The van der Waals surface area contributed by atoms with Gasteiger partial charge >= 0.3 is 0 Å². The van der Waals surface area contributed by atoms with Crippen LogP contribution in [-0.2, 0) is 17.7 Å². The van der Waals surface area contributed by atoms with Gasteiger partial charge in [-0.15, -0.1) is 0 Å². The Kier molecular flexibility index (Phi) is 6.82. The molecule has 0 amide bonds. The molecule has 2 aromatic heterocycles. The molecule has 1 atom stereocenters. The summed E-state index contributed by atoms with van der Waals surface area (Å²) in [5.74, 6) is 2.36. The Morgan fingerprint density at radius 3 is 2.93 bits per heavy atom. The van der Waals surface area contributed by atoms with Gasteiger partial charge in [0.2, 0.25) is 0 Å². The van der Waals surface area contributed by atoms with Gasteiger partial charge in [-0.1, -0.05) is 18.2 Å². The first kappa shape index (κ1) is 20.2. The van der Waals surface area contributed by atoms with Gasteiger partial charge in [-0.25, -0.2) is 4.68 Å². The third-order valence-corrected chi connectivity index (χ3v) is 5.20. The number of guanidine groups is 1. The minimum atomic E-state index is 0.501. The molecule has 1 unspecified atom stereocenters. The fraction of sp³-hybridized carbons (Fsp3) is 0.391. The Morgan fingerprint density at radius 2 is 2.17 bits per heavy atom. The molecule has 0 spiro atoms. The van der Waals surface area contributed by atoms with E-state index in [1.54, 1.807) is 6.26 Å². The van der Waals surface area contributed by atoms with Gasteiger partial charge in [-0.3, -0.25) is 4.99 Å². The maximum Gasteiger partial charge on any atom is 0.193 e. The van der Waals surface area contributed by atoms with Crippen molar-refractivity contribution >= 4 is 5.96 Å². The van der Waals surface area contributed by atoms with Gasteiger partial charge in [-0.2, -0.15) is 5.10 Å². The van der Waals surface area contributed by atoms with Crippen molar-refractivity contribution in [1.82, 2.24) is 20.0 Å². The molecular formula is C23H29N5O2. The summed E-state index contributed by atoms with van der Waals surface area (Å²) in [6, 6.07) is 14.1. The maximum atomic E-state index is 5.49. The van der Waals surface area contributed by atoms with Crippen molar-refractivity contribution in [2.75, 3.05) is 33.4 Å². The number of hydrogen-bond acceptors (Lipinski definition) is 4. The third-order valence-electron chi connectivity index (χ3n) is 5.20. The summed E-state index contributed by atoms with van der Waals surface area (Å²) in [6.45, 7) is 3.91. The predicted molar refractivity (Wildman–Crippen MR) is 117 cm³/mol. The van der Waals surface area contributed by atoms with Crippen molar-refractivity contribution in [2.45, 2.75) is 19.4 Å². The number of para-hydroxylation sites is 1. The fourth-order valence-electron chi connectivity index (χ4n) is 3.52. The van der Waals surface area contributed by atoms with Crippen molar-refractivity contribution in [1.29, 1.82) is 0 Å². The molecule has 3 heterocycles. The van der Waals surface area contributed by atoms with Crippen molar-refractivity contribution in [3.8, 4) is 5.69 Å². The molecule has 0 aliphatic carbocycles. The number of aromatic nitrogens is 2. The molecular weight excluding hydrogens is 378 g/mol. The van der Waals surface area contributed by atoms with Crippen molar-refractivity contribution in [3.05, 3.63) is 72.4 Å². The van der Waals surface area contributed by atoms with Crippen molar-refractivity contribution in [3.63, 3.8) is 0 Å². The number of furan rings is 1. The van der Waals surface area contributed by atoms with Crippen LogP contribution in [0.5, 0.6) is 0 Å². The summed E-state index contributed by atoms with van der Waals surface area (Å²) in [4.78, 5) is 7.02. The van der Waals surface area contributed by atoms with Crippen LogP contribution in [0, 0.1) is 5.92 Å². The summed E-state index contributed by atoms with van der Waals surface area (Å²) in [5, 5.41) is 7.99. The minimum Gasteiger partial charge on any atom is -0.469 e. The second kappa shape index (κ2) is 10.1. The summed E-state index contributed by atoms with van der Waals surface area (Å²) < 4.78 is 12.8. The Morgan fingerprint density at radius 1 is 1.27 bits per heavy atom. The van der Waals surface area contributed by atoms with Gasteiger partial charge in [-0.05, 0) is 30.7 Å². The average Bonchev–Trinajstić information content (AvgIpc) is 3.54. The van der Waals surface area contributed by atoms with E-state index in [4.69, 9.17) is 14.1 Å². The number of nitrogens with zero attached hydrogens (tertiary/aromatic N) is 4. The summed E-state index contributed by atoms with van der Waals surface area (Å²) in [6.07, 6.45) is 7.59. The number of benzene rings is 1. The highest BCUT2D eigenvalue weighted by molar-refractivity contribution is 5.79. The van der Waals surface area contributed by atoms with Gasteiger partial charge in [0.05, 0.1) is 24.8 Å². The zero-order valence-electron chi connectivity index (χ0n) is 17.4. The lowest BCUT2D eigenvalue weighted by molar-refractivity contribution is 0.187. The van der Waals surface area contributed by atoms with E-state index in [9.17, 15) is 0 Å². The molecule has 0 saturated carbocycles. The zero-order chi connectivity index (χ0) is 20.6. The maximum absolute atomic E-state index is 5.49. The highest BCUT2D eigenvalue weighted by Gasteiger charge is 2.16. The van der Waals surface area contributed by atoms with Crippen molar-refractivity contribution in [2.24, 2.45) is 10.9 Å². The standard InChI is InChI=1S/C23H29N5O2/c1-27(16-20-15-26-28(17-20)21-6-3-2-4-7-21)23(25-14-19-10-13-29-18-19)24-11-9-22-8-5-12-30-22/h2-8,12,15,17,19H,9-11,13-14,16,18H2,1H3,(H,24,25). The highest BCUT2D eigenvalue weighted by atomic mass is 16.5. The van der Waals surface area contributed by atoms with E-state index in [1.165, 1.54) is 0 Å². The van der Waals surface area contributed by atoms with E-state index in [0.29, 0.717) is 5.92 Å². The molecule has 1 aromatic carbocycles. The Labute approximate surface area is 177 Å². The molecule has 1 aliphatic heterocycles. The number of hydrogen-bond donors (Lipinski definition) is 1. The lowest BCUT2D eigenvalue weighted by Crippen LogP contribution is -2.40. The number of ether oxygens (including phenoxy) is 1. The quantitative estimate of drug-likeness (QED) is 0.459. The normalized spacial score (nSPS) is 16.7. The van der Waals surface area contributed by atoms with Crippen LogP contribution in [0.2, 0.25) is 0 Å². The molecule has 3 aromatic rings. The molecule has 0 radical (unpaired) electrons. The topological polar surface area (TPSA) is 67.8 Å². The van der Waals surface area contributed by atoms with Crippen LogP contribution in [0.3, 0.4) is 0 Å². The first-order valence-electron chi connectivity index (χ1n) is 10.5. The largest absolute Gasteiger partial charge is 0.469 e. The number of aliphatic imine (C=N–C) groups is 1.